The molecule has 0 aromatic rings. The Bertz CT molecular complexity index is 269. The zero-order valence-electron chi connectivity index (χ0n) is 8.29. The van der Waals surface area contributed by atoms with Gasteiger partial charge in [-0.25, -0.2) is 4.79 Å². The third kappa shape index (κ3) is 1.06. The van der Waals surface area contributed by atoms with Crippen LogP contribution in [0.15, 0.2) is 0 Å². The van der Waals surface area contributed by atoms with E-state index in [1.54, 1.807) is 0 Å². The van der Waals surface area contributed by atoms with Gasteiger partial charge >= 0.3 is 6.09 Å². The first kappa shape index (κ1) is 8.53. The molecule has 0 aromatic heterocycles. The van der Waals surface area contributed by atoms with Crippen molar-refractivity contribution in [2.24, 2.45) is 0 Å². The van der Waals surface area contributed by atoms with Crippen molar-refractivity contribution in [1.29, 1.82) is 0 Å². The lowest BCUT2D eigenvalue weighted by atomic mass is 9.87. The molecule has 0 bridgehead atoms. The number of piperidine rings is 1. The molecule has 78 valence electrons. The van der Waals surface area contributed by atoms with E-state index in [4.69, 9.17) is 4.74 Å². The molecule has 2 unspecified atom stereocenters. The Morgan fingerprint density at radius 1 is 1.43 bits per heavy atom. The van der Waals surface area contributed by atoms with Crippen LogP contribution in [0.4, 0.5) is 4.79 Å². The van der Waals surface area contributed by atoms with Crippen LogP contribution in [-0.4, -0.2) is 42.3 Å². The molecule has 0 radical (unpaired) electrons. The third-order valence-electron chi connectivity index (χ3n) is 3.91. The molecule has 0 saturated carbocycles. The maximum Gasteiger partial charge on any atom is 0.407 e. The van der Waals surface area contributed by atoms with E-state index in [1.807, 2.05) is 0 Å². The van der Waals surface area contributed by atoms with Gasteiger partial charge in [0.1, 0.15) is 6.61 Å². The Labute approximate surface area is 83.6 Å². The van der Waals surface area contributed by atoms with Gasteiger partial charge in [-0.3, -0.25) is 4.90 Å². The summed E-state index contributed by atoms with van der Waals surface area (Å²) in [7, 11) is 0. The molecule has 3 fully saturated rings. The predicted octanol–water partition coefficient (Wildman–Crippen LogP) is 0.723. The van der Waals surface area contributed by atoms with Gasteiger partial charge in [0.05, 0.1) is 5.54 Å². The molecule has 1 amide bonds. The minimum absolute atomic E-state index is 0.0441. The van der Waals surface area contributed by atoms with Crippen LogP contribution in [-0.2, 0) is 4.74 Å². The average molecular weight is 196 g/mol. The molecule has 14 heavy (non-hydrogen) atoms. The number of fused-ring (bicyclic) bond motifs is 2. The number of alkyl carbamates (subject to hydrolysis) is 1. The van der Waals surface area contributed by atoms with E-state index in [0.29, 0.717) is 12.6 Å². The van der Waals surface area contributed by atoms with Gasteiger partial charge in [-0.1, -0.05) is 6.42 Å². The van der Waals surface area contributed by atoms with Crippen LogP contribution in [0.2, 0.25) is 0 Å². The molecule has 3 aliphatic heterocycles. The van der Waals surface area contributed by atoms with Gasteiger partial charge in [-0.2, -0.15) is 0 Å². The van der Waals surface area contributed by atoms with E-state index < -0.39 is 0 Å². The van der Waals surface area contributed by atoms with Crippen LogP contribution >= 0.6 is 0 Å². The van der Waals surface area contributed by atoms with E-state index in [1.165, 1.54) is 25.8 Å². The van der Waals surface area contributed by atoms with Crippen molar-refractivity contribution in [1.82, 2.24) is 10.2 Å². The minimum Gasteiger partial charge on any atom is -0.447 e. The fourth-order valence-corrected chi connectivity index (χ4v) is 3.18. The Kier molecular flexibility index (Phi) is 1.74. The molecular formula is C10H16N2O2. The normalized spacial score (nSPS) is 42.3. The number of rotatable bonds is 0. The van der Waals surface area contributed by atoms with Crippen molar-refractivity contribution in [3.8, 4) is 0 Å². The quantitative estimate of drug-likeness (QED) is 0.621. The highest BCUT2D eigenvalue weighted by atomic mass is 16.6. The van der Waals surface area contributed by atoms with E-state index in [0.717, 1.165) is 13.0 Å². The minimum atomic E-state index is -0.225. The van der Waals surface area contributed by atoms with Crippen molar-refractivity contribution < 1.29 is 9.53 Å². The largest absolute Gasteiger partial charge is 0.447 e. The van der Waals surface area contributed by atoms with E-state index in [2.05, 4.69) is 10.2 Å². The third-order valence-corrected chi connectivity index (χ3v) is 3.91. The molecule has 0 aliphatic carbocycles. The first-order valence-electron chi connectivity index (χ1n) is 5.49. The van der Waals surface area contributed by atoms with Gasteiger partial charge in [0.25, 0.3) is 0 Å². The SMILES string of the molecule is O=C1NC2(CCN3CCCCC32)CO1. The predicted molar refractivity (Wildman–Crippen MR) is 51.0 cm³/mol. The molecular weight excluding hydrogens is 180 g/mol. The van der Waals surface area contributed by atoms with Gasteiger partial charge < -0.3 is 10.1 Å². The van der Waals surface area contributed by atoms with Gasteiger partial charge in [-0.05, 0) is 25.8 Å². The maximum absolute atomic E-state index is 11.1. The second-order valence-corrected chi connectivity index (χ2v) is 4.65. The molecule has 4 nitrogen and oxygen atoms in total. The number of carbonyl (C=O) groups excluding carboxylic acids is 1. The number of nitrogens with one attached hydrogen (secondary N) is 1. The molecule has 3 aliphatic rings. The summed E-state index contributed by atoms with van der Waals surface area (Å²) in [5.41, 5.74) is -0.0441. The highest BCUT2D eigenvalue weighted by molar-refractivity contribution is 5.71. The summed E-state index contributed by atoms with van der Waals surface area (Å²) in [6.45, 7) is 2.89. The number of carbonyl (C=O) groups is 1. The summed E-state index contributed by atoms with van der Waals surface area (Å²) in [4.78, 5) is 13.6. The van der Waals surface area contributed by atoms with Crippen molar-refractivity contribution in [3.63, 3.8) is 0 Å². The van der Waals surface area contributed by atoms with Crippen molar-refractivity contribution in [3.05, 3.63) is 0 Å². The molecule has 3 saturated heterocycles. The lowest BCUT2D eigenvalue weighted by Crippen LogP contribution is -2.54. The zero-order chi connectivity index (χ0) is 9.60. The number of hydrogen-bond acceptors (Lipinski definition) is 3. The summed E-state index contributed by atoms with van der Waals surface area (Å²) in [6.07, 6.45) is 4.64. The average Bonchev–Trinajstić information content (AvgIpc) is 2.75. The number of ether oxygens (including phenoxy) is 1. The fraction of sp³-hybridized carbons (Fsp3) is 0.900. The molecule has 2 atom stereocenters. The summed E-state index contributed by atoms with van der Waals surface area (Å²) in [5.74, 6) is 0. The van der Waals surface area contributed by atoms with Crippen molar-refractivity contribution >= 4 is 6.09 Å². The van der Waals surface area contributed by atoms with Crippen LogP contribution in [0.5, 0.6) is 0 Å². The Morgan fingerprint density at radius 2 is 2.36 bits per heavy atom. The van der Waals surface area contributed by atoms with Crippen molar-refractivity contribution in [2.75, 3.05) is 19.7 Å². The van der Waals surface area contributed by atoms with Gasteiger partial charge in [-0.15, -0.1) is 0 Å². The van der Waals surface area contributed by atoms with Gasteiger partial charge in [0.2, 0.25) is 0 Å². The van der Waals surface area contributed by atoms with Crippen LogP contribution in [0.3, 0.4) is 0 Å². The summed E-state index contributed by atoms with van der Waals surface area (Å²) in [5, 5.41) is 3.03. The molecule has 4 heteroatoms. The van der Waals surface area contributed by atoms with Crippen LogP contribution < -0.4 is 5.32 Å². The van der Waals surface area contributed by atoms with E-state index >= 15 is 0 Å². The Balaban J connectivity index is 1.83. The zero-order valence-corrected chi connectivity index (χ0v) is 8.29. The number of nitrogens with zero attached hydrogens (tertiary/aromatic N) is 1. The molecule has 3 heterocycles. The summed E-state index contributed by atoms with van der Waals surface area (Å²) in [6, 6.07) is 0.530. The van der Waals surface area contributed by atoms with Crippen LogP contribution in [0, 0.1) is 0 Å². The lowest BCUT2D eigenvalue weighted by molar-refractivity contribution is 0.131. The summed E-state index contributed by atoms with van der Waals surface area (Å²) < 4.78 is 5.06. The second kappa shape index (κ2) is 2.86. The summed E-state index contributed by atoms with van der Waals surface area (Å²) >= 11 is 0. The fourth-order valence-electron chi connectivity index (χ4n) is 3.18. The lowest BCUT2D eigenvalue weighted by Gasteiger charge is -2.36. The van der Waals surface area contributed by atoms with E-state index in [9.17, 15) is 4.79 Å². The number of hydrogen-bond donors (Lipinski definition) is 1. The van der Waals surface area contributed by atoms with Crippen molar-refractivity contribution in [2.45, 2.75) is 37.3 Å². The van der Waals surface area contributed by atoms with Gasteiger partial charge in [0, 0.05) is 12.6 Å². The molecule has 0 aromatic carbocycles. The van der Waals surface area contributed by atoms with Gasteiger partial charge in [0.15, 0.2) is 0 Å². The highest BCUT2D eigenvalue weighted by Gasteiger charge is 2.52. The molecule has 1 spiro atoms. The Morgan fingerprint density at radius 3 is 3.14 bits per heavy atom. The second-order valence-electron chi connectivity index (χ2n) is 4.65. The first-order valence-corrected chi connectivity index (χ1v) is 5.49. The number of cyclic esters (lactones) is 1. The van der Waals surface area contributed by atoms with Crippen LogP contribution in [0.25, 0.3) is 0 Å². The monoisotopic (exact) mass is 196 g/mol. The smallest absolute Gasteiger partial charge is 0.407 e. The highest BCUT2D eigenvalue weighted by Crippen LogP contribution is 2.37. The number of amides is 1. The molecule has 3 rings (SSSR count). The first-order chi connectivity index (χ1) is 6.80. The Hall–Kier alpha value is -0.770. The maximum atomic E-state index is 11.1. The van der Waals surface area contributed by atoms with E-state index in [-0.39, 0.29) is 11.6 Å². The molecule has 1 N–H and O–H groups in total. The topological polar surface area (TPSA) is 41.6 Å². The standard InChI is InChI=1S/C10H16N2O2/c13-9-11-10(7-14-9)4-6-12-5-2-1-3-8(10)12/h8H,1-7H2,(H,11,13). The van der Waals surface area contributed by atoms with Crippen LogP contribution in [0.1, 0.15) is 25.7 Å².